The second-order valence-electron chi connectivity index (χ2n) is 22.7. The smallest absolute Gasteiger partial charge is 0.335 e. The average Bonchev–Trinajstić information content (AvgIpc) is 3.62. The first-order chi connectivity index (χ1) is 29.9. The monoisotopic (exact) mass is 910 g/mol. The molecule has 3 saturated heterocycles. The summed E-state index contributed by atoms with van der Waals surface area (Å²) in [6.07, 6.45) is -13.7. The molecule has 0 aromatic carbocycles. The number of esters is 1. The Balaban J connectivity index is 0.950. The molecule has 8 fully saturated rings. The number of hydrogen-bond acceptors (Lipinski definition) is 17. The normalized spacial score (nSPS) is 56.3. The lowest BCUT2D eigenvalue weighted by Crippen LogP contribution is -2.66. The van der Waals surface area contributed by atoms with Crippen LogP contribution >= 0.6 is 0 Å². The third kappa shape index (κ3) is 6.48. The first-order valence-electron chi connectivity index (χ1n) is 23.3. The topological polar surface area (TPSA) is 292 Å². The highest BCUT2D eigenvalue weighted by Gasteiger charge is 2.78. The van der Waals surface area contributed by atoms with Crippen LogP contribution in [0.2, 0.25) is 0 Å². The molecule has 10 N–H and O–H groups in total. The predicted molar refractivity (Wildman–Crippen MR) is 218 cm³/mol. The van der Waals surface area contributed by atoms with Gasteiger partial charge >= 0.3 is 11.9 Å². The first-order valence-corrected chi connectivity index (χ1v) is 23.3. The summed E-state index contributed by atoms with van der Waals surface area (Å²) in [4.78, 5) is 26.5. The van der Waals surface area contributed by atoms with Gasteiger partial charge < -0.3 is 79.5 Å². The molecular formula is C46H70O18. The number of fused-ring (bicyclic) bond motifs is 6. The van der Waals surface area contributed by atoms with E-state index in [1.165, 1.54) is 5.57 Å². The fourth-order valence-corrected chi connectivity index (χ4v) is 15.9. The Morgan fingerprint density at radius 3 is 2.09 bits per heavy atom. The number of carboxylic acid groups (broad SMARTS) is 1. The van der Waals surface area contributed by atoms with Crippen molar-refractivity contribution in [3.8, 4) is 0 Å². The number of carboxylic acids is 1. The molecule has 24 unspecified atom stereocenters. The Kier molecular flexibility index (Phi) is 11.7. The van der Waals surface area contributed by atoms with E-state index in [-0.39, 0.29) is 51.9 Å². The van der Waals surface area contributed by atoms with Crippen molar-refractivity contribution in [2.24, 2.45) is 56.2 Å². The molecular weight excluding hydrogens is 840 g/mol. The summed E-state index contributed by atoms with van der Waals surface area (Å²) in [5, 5.41) is 104. The maximum absolute atomic E-state index is 14.7. The summed E-state index contributed by atoms with van der Waals surface area (Å²) in [6, 6.07) is 0. The summed E-state index contributed by atoms with van der Waals surface area (Å²) in [6.45, 7) is 13.0. The molecule has 9 rings (SSSR count). The summed E-state index contributed by atoms with van der Waals surface area (Å²) < 4.78 is 35.6. The van der Waals surface area contributed by atoms with Gasteiger partial charge in [-0.1, -0.05) is 53.2 Å². The fraction of sp³-hybridized carbons (Fsp3) is 0.913. The van der Waals surface area contributed by atoms with Crippen LogP contribution in [0.3, 0.4) is 0 Å². The Bertz CT molecular complexity index is 1860. The van der Waals surface area contributed by atoms with Gasteiger partial charge in [0, 0.05) is 0 Å². The molecule has 6 aliphatic carbocycles. The van der Waals surface area contributed by atoms with Crippen molar-refractivity contribution < 1.29 is 89.1 Å². The predicted octanol–water partition coefficient (Wildman–Crippen LogP) is 0.0917. The number of carbonyl (C=O) groups is 2. The minimum Gasteiger partial charge on any atom is -0.479 e. The van der Waals surface area contributed by atoms with Crippen LogP contribution in [0.25, 0.3) is 0 Å². The number of aliphatic hydroxyl groups excluding tert-OH is 9. The lowest BCUT2D eigenvalue weighted by Gasteiger charge is -2.70. The van der Waals surface area contributed by atoms with E-state index in [9.17, 15) is 60.7 Å². The molecule has 18 nitrogen and oxygen atoms in total. The van der Waals surface area contributed by atoms with Gasteiger partial charge in [-0.2, -0.15) is 0 Å². The van der Waals surface area contributed by atoms with Gasteiger partial charge in [0.25, 0.3) is 0 Å². The fourth-order valence-electron chi connectivity index (χ4n) is 15.9. The largest absolute Gasteiger partial charge is 0.479 e. The van der Waals surface area contributed by atoms with E-state index in [2.05, 4.69) is 47.6 Å². The molecule has 3 heterocycles. The van der Waals surface area contributed by atoms with Gasteiger partial charge in [0.15, 0.2) is 18.7 Å². The molecule has 0 spiro atoms. The minimum absolute atomic E-state index is 0.00536. The Morgan fingerprint density at radius 1 is 0.719 bits per heavy atom. The van der Waals surface area contributed by atoms with Crippen molar-refractivity contribution >= 4 is 11.9 Å². The standard InChI is InChI=1S/C46H70O18/c1-41(2)23-9-12-44(5)24(43(23,4)11-10-26(41)61-39-35(27(49)21(48)18-59-39)63-38-33(55)30(52)31(53)34(62-38)36(56)57)8-7-19-20-15-42(3)13-14-46(20,25(42)16-45(19,44)6)40(58)64-37-32(54)29(51)28(50)22(17-47)60-37/h7,20-35,37-39,47-55H,8-18H2,1-6H3,(H,56,57). The van der Waals surface area contributed by atoms with Crippen molar-refractivity contribution in [1.82, 2.24) is 0 Å². The molecule has 5 saturated carbocycles. The van der Waals surface area contributed by atoms with Crippen LogP contribution in [-0.4, -0.2) is 168 Å². The van der Waals surface area contributed by atoms with Crippen LogP contribution < -0.4 is 0 Å². The van der Waals surface area contributed by atoms with Crippen LogP contribution in [0, 0.1) is 56.2 Å². The highest BCUT2D eigenvalue weighted by Crippen LogP contribution is 2.82. The third-order valence-electron chi connectivity index (χ3n) is 19.6. The van der Waals surface area contributed by atoms with Crippen molar-refractivity contribution in [3.05, 3.63) is 11.6 Å². The second-order valence-corrected chi connectivity index (χ2v) is 22.7. The highest BCUT2D eigenvalue weighted by molar-refractivity contribution is 5.81. The van der Waals surface area contributed by atoms with Crippen LogP contribution in [0.1, 0.15) is 99.3 Å². The average molecular weight is 911 g/mol. The molecule has 362 valence electrons. The summed E-state index contributed by atoms with van der Waals surface area (Å²) in [5.74, 6) is -1.68. The molecule has 0 radical (unpaired) electrons. The molecule has 0 amide bonds. The maximum Gasteiger partial charge on any atom is 0.335 e. The lowest BCUT2D eigenvalue weighted by molar-refractivity contribution is -0.363. The molecule has 9 aliphatic rings. The van der Waals surface area contributed by atoms with E-state index in [0.29, 0.717) is 12.8 Å². The van der Waals surface area contributed by atoms with E-state index in [0.717, 1.165) is 44.9 Å². The Hall–Kier alpha value is -1.88. The number of rotatable bonds is 8. The van der Waals surface area contributed by atoms with E-state index in [1.807, 2.05) is 0 Å². The third-order valence-corrected chi connectivity index (χ3v) is 19.6. The van der Waals surface area contributed by atoms with Crippen molar-refractivity contribution in [2.45, 2.75) is 191 Å². The van der Waals surface area contributed by atoms with Gasteiger partial charge in [-0.3, -0.25) is 4.79 Å². The lowest BCUT2D eigenvalue weighted by atomic mass is 9.34. The number of allylic oxidation sites excluding steroid dienone is 2. The molecule has 3 aliphatic heterocycles. The maximum atomic E-state index is 14.7. The minimum atomic E-state index is -1.94. The molecule has 18 heteroatoms. The first kappa shape index (κ1) is 47.2. The zero-order chi connectivity index (χ0) is 46.4. The SMILES string of the molecule is CC12CCC3(C(=O)OC4OC(CO)C(O)C(O)C4O)C(C1)C1=CCC4C5(C)CCC(OC6OCC(O)C(O)C6OC6OC(C(=O)O)C(O)C(O)C6O)C(C)(C)C5CCC4(C)C1(C)CC23. The van der Waals surface area contributed by atoms with Gasteiger partial charge in [-0.15, -0.1) is 0 Å². The number of aliphatic carboxylic acids is 1. The molecule has 24 atom stereocenters. The summed E-state index contributed by atoms with van der Waals surface area (Å²) >= 11 is 0. The van der Waals surface area contributed by atoms with Gasteiger partial charge in [0.2, 0.25) is 6.29 Å². The van der Waals surface area contributed by atoms with E-state index >= 15 is 0 Å². The van der Waals surface area contributed by atoms with Gasteiger partial charge in [-0.05, 0) is 109 Å². The van der Waals surface area contributed by atoms with E-state index < -0.39 is 121 Å². The number of ether oxygens (including phenoxy) is 6. The second kappa shape index (κ2) is 15.8. The van der Waals surface area contributed by atoms with Crippen LogP contribution in [0.4, 0.5) is 0 Å². The number of carbonyl (C=O) groups excluding carboxylic acids is 1. The zero-order valence-corrected chi connectivity index (χ0v) is 37.6. The molecule has 4 bridgehead atoms. The van der Waals surface area contributed by atoms with Crippen molar-refractivity contribution in [3.63, 3.8) is 0 Å². The van der Waals surface area contributed by atoms with Gasteiger partial charge in [0.1, 0.15) is 61.0 Å². The number of hydrogen-bond donors (Lipinski definition) is 10. The van der Waals surface area contributed by atoms with Crippen LogP contribution in [0.5, 0.6) is 0 Å². The number of aliphatic hydroxyl groups is 9. The van der Waals surface area contributed by atoms with Gasteiger partial charge in [-0.25, -0.2) is 4.79 Å². The van der Waals surface area contributed by atoms with E-state index in [1.54, 1.807) is 0 Å². The van der Waals surface area contributed by atoms with Crippen LogP contribution in [-0.2, 0) is 38.0 Å². The Morgan fingerprint density at radius 2 is 1.41 bits per heavy atom. The quantitative estimate of drug-likeness (QED) is 0.0877. The van der Waals surface area contributed by atoms with Crippen molar-refractivity contribution in [1.29, 1.82) is 0 Å². The van der Waals surface area contributed by atoms with Gasteiger partial charge in [0.05, 0.1) is 24.7 Å². The summed E-state index contributed by atoms with van der Waals surface area (Å²) in [7, 11) is 0. The highest BCUT2D eigenvalue weighted by atomic mass is 16.8. The van der Waals surface area contributed by atoms with Crippen molar-refractivity contribution in [2.75, 3.05) is 13.2 Å². The molecule has 64 heavy (non-hydrogen) atoms. The molecule has 0 aromatic rings. The van der Waals surface area contributed by atoms with E-state index in [4.69, 9.17) is 28.4 Å². The molecule has 0 aromatic heterocycles. The van der Waals surface area contributed by atoms with Crippen LogP contribution in [0.15, 0.2) is 11.6 Å². The summed E-state index contributed by atoms with van der Waals surface area (Å²) in [5.41, 5.74) is -0.602. The zero-order valence-electron chi connectivity index (χ0n) is 37.6. The Labute approximate surface area is 372 Å².